The van der Waals surface area contributed by atoms with Crippen LogP contribution >= 0.6 is 0 Å². The second-order valence-corrected chi connectivity index (χ2v) is 16.1. The monoisotopic (exact) mass is 758 g/mol. The van der Waals surface area contributed by atoms with E-state index in [0.29, 0.717) is 0 Å². The summed E-state index contributed by atoms with van der Waals surface area (Å²) in [6.07, 6.45) is 0. The molecule has 59 heavy (non-hydrogen) atoms. The lowest BCUT2D eigenvalue weighted by Gasteiger charge is -2.45. The molecule has 0 fully saturated rings. The zero-order valence-corrected chi connectivity index (χ0v) is 32.7. The normalized spacial score (nSPS) is 13.5. The molecule has 0 bridgehead atoms. The molecule has 0 saturated carbocycles. The van der Waals surface area contributed by atoms with Gasteiger partial charge in [0, 0.05) is 32.9 Å². The van der Waals surface area contributed by atoms with Crippen molar-refractivity contribution in [1.29, 1.82) is 0 Å². The van der Waals surface area contributed by atoms with Gasteiger partial charge in [0.25, 0.3) is 0 Å². The molecule has 0 N–H and O–H groups in total. The van der Waals surface area contributed by atoms with Gasteiger partial charge in [0.1, 0.15) is 5.58 Å². The molecule has 12 rings (SSSR count). The number of ether oxygens (including phenoxy) is 1. The van der Waals surface area contributed by atoms with E-state index < -0.39 is 0 Å². The second-order valence-electron chi connectivity index (χ2n) is 16.1. The summed E-state index contributed by atoms with van der Waals surface area (Å²) < 4.78 is 13.5. The first-order valence-corrected chi connectivity index (χ1v) is 20.3. The molecule has 0 saturated heterocycles. The molecule has 1 aromatic heterocycles. The fourth-order valence-corrected chi connectivity index (χ4v) is 9.49. The fourth-order valence-electron chi connectivity index (χ4n) is 9.49. The number of rotatable bonds is 5. The number of nitrogens with zero attached hydrogens (tertiary/aromatic N) is 2. The molecule has 0 atom stereocenters. The first-order valence-electron chi connectivity index (χ1n) is 20.3. The minimum absolute atomic E-state index is 0.271. The van der Waals surface area contributed by atoms with Gasteiger partial charge in [-0.15, -0.1) is 0 Å². The van der Waals surface area contributed by atoms with Crippen LogP contribution in [0, 0.1) is 0 Å². The second kappa shape index (κ2) is 12.7. The number of hydrogen-bond donors (Lipinski definition) is 0. The van der Waals surface area contributed by atoms with Crippen LogP contribution in [0.3, 0.4) is 0 Å². The summed E-state index contributed by atoms with van der Waals surface area (Å²) >= 11 is 0. The number of para-hydroxylation sites is 3. The fraction of sp³-hybridized carbons (Fsp3) is 0.0545. The first-order chi connectivity index (χ1) is 29.0. The molecule has 3 heterocycles. The minimum atomic E-state index is -0.271. The van der Waals surface area contributed by atoms with Gasteiger partial charge in [-0.25, -0.2) is 0 Å². The lowest BCUT2D eigenvalue weighted by molar-refractivity contribution is 0.472. The van der Waals surface area contributed by atoms with Crippen molar-refractivity contribution in [2.75, 3.05) is 9.80 Å². The highest BCUT2D eigenvalue weighted by Gasteiger charge is 2.42. The quantitative estimate of drug-likeness (QED) is 0.175. The minimum Gasteiger partial charge on any atom is -0.454 e. The van der Waals surface area contributed by atoms with Gasteiger partial charge in [0.05, 0.1) is 22.7 Å². The zero-order chi connectivity index (χ0) is 39.2. The van der Waals surface area contributed by atoms with E-state index in [1.54, 1.807) is 0 Å². The molecule has 0 amide bonds. The van der Waals surface area contributed by atoms with Crippen molar-refractivity contribution >= 4 is 66.8 Å². The van der Waals surface area contributed by atoms with Gasteiger partial charge >= 0.3 is 0 Å². The van der Waals surface area contributed by atoms with Crippen LogP contribution in [0.2, 0.25) is 0 Å². The standard InChI is InChI=1S/C55H38N2O2/c1-55(2)45-19-9-10-20-47(45)57-52-42-16-7-6-15-38(42)27-32-50(52)58-51-34-39(33-46(55)53(51)57)37-25-30-41(31-26-37)56(40-28-23-36(24-29-40)35-13-4-3-5-14-35)48-21-12-18-44-43-17-8-11-22-49(43)59-54(44)48/h3-34H,1-2H3. The van der Waals surface area contributed by atoms with Crippen molar-refractivity contribution in [2.24, 2.45) is 0 Å². The Morgan fingerprint density at radius 2 is 1.10 bits per heavy atom. The Bertz CT molecular complexity index is 3270. The lowest BCUT2D eigenvalue weighted by atomic mass is 9.72. The van der Waals surface area contributed by atoms with Crippen LogP contribution in [0.1, 0.15) is 25.0 Å². The third-order valence-corrected chi connectivity index (χ3v) is 12.4. The zero-order valence-electron chi connectivity index (χ0n) is 32.7. The maximum absolute atomic E-state index is 6.93. The lowest BCUT2D eigenvalue weighted by Crippen LogP contribution is -2.32. The van der Waals surface area contributed by atoms with Crippen LogP contribution in [-0.4, -0.2) is 0 Å². The smallest absolute Gasteiger partial charge is 0.159 e. The summed E-state index contributed by atoms with van der Waals surface area (Å²) in [6.45, 7) is 4.67. The van der Waals surface area contributed by atoms with E-state index in [-0.39, 0.29) is 5.41 Å². The predicted octanol–water partition coefficient (Wildman–Crippen LogP) is 15.8. The van der Waals surface area contributed by atoms with Crippen LogP contribution in [0.15, 0.2) is 199 Å². The van der Waals surface area contributed by atoms with Crippen LogP contribution in [0.25, 0.3) is 55.0 Å². The van der Waals surface area contributed by atoms with E-state index >= 15 is 0 Å². The molecule has 4 heteroatoms. The van der Waals surface area contributed by atoms with E-state index in [0.717, 1.165) is 73.0 Å². The van der Waals surface area contributed by atoms with Crippen molar-refractivity contribution in [1.82, 2.24) is 0 Å². The van der Waals surface area contributed by atoms with E-state index in [1.807, 2.05) is 12.1 Å². The Morgan fingerprint density at radius 3 is 1.90 bits per heavy atom. The third-order valence-electron chi connectivity index (χ3n) is 12.4. The Balaban J connectivity index is 1.00. The molecule has 2 aliphatic heterocycles. The molecule has 0 aliphatic carbocycles. The van der Waals surface area contributed by atoms with Crippen molar-refractivity contribution in [3.63, 3.8) is 0 Å². The van der Waals surface area contributed by atoms with Gasteiger partial charge in [0.2, 0.25) is 0 Å². The molecule has 4 nitrogen and oxygen atoms in total. The van der Waals surface area contributed by atoms with Gasteiger partial charge in [0.15, 0.2) is 17.1 Å². The summed E-state index contributed by atoms with van der Waals surface area (Å²) in [5, 5.41) is 4.57. The summed E-state index contributed by atoms with van der Waals surface area (Å²) in [6, 6.07) is 69.3. The molecular weight excluding hydrogens is 721 g/mol. The highest BCUT2D eigenvalue weighted by molar-refractivity contribution is 6.10. The Hall–Kier alpha value is -7.56. The SMILES string of the molecule is CC1(C)c2ccccc2N2c3c(cc(-c4ccc(N(c5ccc(-c6ccccc6)cc5)c5cccc6c5oc5ccccc56)cc4)cc31)Oc1ccc3ccccc3c12. The van der Waals surface area contributed by atoms with Crippen molar-refractivity contribution < 1.29 is 9.15 Å². The summed E-state index contributed by atoms with van der Waals surface area (Å²) in [5.41, 5.74) is 15.0. The number of fused-ring (bicyclic) bond motifs is 9. The average molecular weight is 759 g/mol. The van der Waals surface area contributed by atoms with Crippen LogP contribution in [-0.2, 0) is 5.41 Å². The van der Waals surface area contributed by atoms with Gasteiger partial charge < -0.3 is 19.0 Å². The maximum atomic E-state index is 6.93. The van der Waals surface area contributed by atoms with E-state index in [9.17, 15) is 0 Å². The summed E-state index contributed by atoms with van der Waals surface area (Å²) in [5.74, 6) is 1.72. The largest absolute Gasteiger partial charge is 0.454 e. The van der Waals surface area contributed by atoms with Gasteiger partial charge in [-0.2, -0.15) is 0 Å². The molecule has 2 aliphatic rings. The molecule has 9 aromatic carbocycles. The average Bonchev–Trinajstić information content (AvgIpc) is 3.68. The van der Waals surface area contributed by atoms with Crippen molar-refractivity contribution in [2.45, 2.75) is 19.3 Å². The highest BCUT2D eigenvalue weighted by Crippen LogP contribution is 2.62. The van der Waals surface area contributed by atoms with Crippen molar-refractivity contribution in [3.05, 3.63) is 205 Å². The van der Waals surface area contributed by atoms with E-state index in [4.69, 9.17) is 9.15 Å². The number of benzene rings is 9. The van der Waals surface area contributed by atoms with Gasteiger partial charge in [-0.1, -0.05) is 147 Å². The summed E-state index contributed by atoms with van der Waals surface area (Å²) in [7, 11) is 0. The Kier molecular flexibility index (Phi) is 7.24. The maximum Gasteiger partial charge on any atom is 0.159 e. The molecule has 10 aromatic rings. The first kappa shape index (κ1) is 33.6. The van der Waals surface area contributed by atoms with E-state index in [2.05, 4.69) is 206 Å². The number of furan rings is 1. The van der Waals surface area contributed by atoms with Crippen LogP contribution in [0.4, 0.5) is 34.1 Å². The van der Waals surface area contributed by atoms with Crippen LogP contribution in [0.5, 0.6) is 11.5 Å². The third kappa shape index (κ3) is 5.09. The van der Waals surface area contributed by atoms with Gasteiger partial charge in [-0.3, -0.25) is 0 Å². The van der Waals surface area contributed by atoms with E-state index in [1.165, 1.54) is 38.7 Å². The molecule has 280 valence electrons. The predicted molar refractivity (Wildman–Crippen MR) is 244 cm³/mol. The molecule has 0 unspecified atom stereocenters. The summed E-state index contributed by atoms with van der Waals surface area (Å²) in [4.78, 5) is 4.75. The molecule has 0 radical (unpaired) electrons. The highest BCUT2D eigenvalue weighted by atomic mass is 16.5. The Labute approximate surface area is 342 Å². The Morgan fingerprint density at radius 1 is 0.458 bits per heavy atom. The molecular formula is C55H38N2O2. The number of anilines is 6. The topological polar surface area (TPSA) is 28.9 Å². The number of hydrogen-bond acceptors (Lipinski definition) is 4. The van der Waals surface area contributed by atoms with Crippen molar-refractivity contribution in [3.8, 4) is 33.8 Å². The van der Waals surface area contributed by atoms with Gasteiger partial charge in [-0.05, 0) is 99.4 Å². The van der Waals surface area contributed by atoms with Crippen LogP contribution < -0.4 is 14.5 Å². The molecule has 0 spiro atoms.